The third kappa shape index (κ3) is 33.6. The molecule has 0 saturated carbocycles. The number of aliphatic hydroxyl groups is 5. The van der Waals surface area contributed by atoms with Crippen molar-refractivity contribution in [2.24, 2.45) is 0 Å². The number of hydrogen-bond acceptors (Lipinski definition) is 10. The van der Waals surface area contributed by atoms with E-state index in [1.165, 1.54) is 141 Å². The van der Waals surface area contributed by atoms with Crippen LogP contribution >= 0.6 is 0 Å². The second kappa shape index (κ2) is 43.7. The highest BCUT2D eigenvalue weighted by atomic mass is 16.7. The molecular weight excluding hydrogens is 811 g/mol. The Hall–Kier alpha value is -1.86. The number of ether oxygens (including phenoxy) is 3. The lowest BCUT2D eigenvalue weighted by atomic mass is 9.99. The largest absolute Gasteiger partial charge is 0.466 e. The molecule has 11 heteroatoms. The molecule has 0 aromatic heterocycles. The van der Waals surface area contributed by atoms with Crippen molar-refractivity contribution < 1.29 is 49.3 Å². The Kier molecular flexibility index (Phi) is 41.1. The van der Waals surface area contributed by atoms with E-state index in [1.54, 1.807) is 6.08 Å². The van der Waals surface area contributed by atoms with Gasteiger partial charge in [-0.1, -0.05) is 199 Å². The molecule has 1 saturated heterocycles. The van der Waals surface area contributed by atoms with Gasteiger partial charge in [0.05, 0.1) is 32.0 Å². The molecule has 0 bridgehead atoms. The summed E-state index contributed by atoms with van der Waals surface area (Å²) < 4.78 is 16.6. The van der Waals surface area contributed by atoms with Gasteiger partial charge < -0.3 is 45.1 Å². The number of esters is 1. The molecule has 0 aliphatic carbocycles. The van der Waals surface area contributed by atoms with E-state index in [0.29, 0.717) is 19.4 Å². The lowest BCUT2D eigenvalue weighted by Crippen LogP contribution is -2.60. The molecule has 0 spiro atoms. The van der Waals surface area contributed by atoms with Gasteiger partial charge in [0.1, 0.15) is 24.4 Å². The molecule has 0 radical (unpaired) electrons. The van der Waals surface area contributed by atoms with Crippen LogP contribution in [0.2, 0.25) is 0 Å². The van der Waals surface area contributed by atoms with Gasteiger partial charge in [-0.25, -0.2) is 0 Å². The van der Waals surface area contributed by atoms with Crippen LogP contribution in [0, 0.1) is 0 Å². The Balaban J connectivity index is 2.09. The lowest BCUT2D eigenvalue weighted by Gasteiger charge is -2.40. The van der Waals surface area contributed by atoms with E-state index in [4.69, 9.17) is 14.2 Å². The zero-order valence-electron chi connectivity index (χ0n) is 41.0. The molecule has 0 aromatic rings. The Morgan fingerprint density at radius 1 is 0.562 bits per heavy atom. The van der Waals surface area contributed by atoms with Crippen molar-refractivity contribution in [1.82, 2.24) is 5.32 Å². The summed E-state index contributed by atoms with van der Waals surface area (Å²) in [6.45, 7) is 4.24. The first-order valence-electron chi connectivity index (χ1n) is 26.6. The smallest absolute Gasteiger partial charge is 0.305 e. The summed E-state index contributed by atoms with van der Waals surface area (Å²) in [7, 11) is 0. The fourth-order valence-electron chi connectivity index (χ4n) is 8.24. The third-order valence-electron chi connectivity index (χ3n) is 12.6. The molecule has 1 aliphatic rings. The Bertz CT molecular complexity index is 1120. The molecule has 6 N–H and O–H groups in total. The zero-order chi connectivity index (χ0) is 46.7. The van der Waals surface area contributed by atoms with Crippen molar-refractivity contribution in [2.45, 2.75) is 281 Å². The van der Waals surface area contributed by atoms with E-state index in [0.717, 1.165) is 70.6 Å². The van der Waals surface area contributed by atoms with Gasteiger partial charge in [-0.15, -0.1) is 0 Å². The minimum atomic E-state index is -1.57. The standard InChI is InChI=1S/C53H99NO10/c1-3-5-7-9-11-13-20-25-29-33-37-41-49(58)62-42-38-34-30-26-22-19-17-15-14-16-18-21-24-28-32-36-40-48(57)54-45(46(56)39-35-31-27-23-12-10-8-6-4-2)44-63-53-52(61)51(60)50(59)47(43-55)64-53/h9,11,35,39,45-47,50-53,55-56,59-61H,3-8,10,12-34,36-38,40-44H2,1-2H3,(H,54,57)/b11-9-,39-35+. The molecule has 1 aliphatic heterocycles. The molecule has 7 unspecified atom stereocenters. The summed E-state index contributed by atoms with van der Waals surface area (Å²) in [6.07, 6.45) is 39.8. The van der Waals surface area contributed by atoms with Crippen LogP contribution in [-0.4, -0.2) is 100 Å². The summed E-state index contributed by atoms with van der Waals surface area (Å²) >= 11 is 0. The molecule has 1 fully saturated rings. The van der Waals surface area contributed by atoms with Crippen LogP contribution in [0.1, 0.15) is 239 Å². The van der Waals surface area contributed by atoms with Gasteiger partial charge in [-0.2, -0.15) is 0 Å². The second-order valence-electron chi connectivity index (χ2n) is 18.6. The van der Waals surface area contributed by atoms with Crippen molar-refractivity contribution in [3.8, 4) is 0 Å². The van der Waals surface area contributed by atoms with E-state index in [9.17, 15) is 35.1 Å². The highest BCUT2D eigenvalue weighted by Crippen LogP contribution is 2.23. The zero-order valence-corrected chi connectivity index (χ0v) is 41.0. The van der Waals surface area contributed by atoms with Crippen molar-refractivity contribution in [3.05, 3.63) is 24.3 Å². The fraction of sp³-hybridized carbons (Fsp3) is 0.887. The second-order valence-corrected chi connectivity index (χ2v) is 18.6. The minimum absolute atomic E-state index is 0.0264. The van der Waals surface area contributed by atoms with Gasteiger partial charge in [0.2, 0.25) is 5.91 Å². The van der Waals surface area contributed by atoms with Gasteiger partial charge >= 0.3 is 5.97 Å². The number of rotatable bonds is 45. The molecule has 1 heterocycles. The molecule has 11 nitrogen and oxygen atoms in total. The van der Waals surface area contributed by atoms with Gasteiger partial charge in [0.15, 0.2) is 6.29 Å². The first kappa shape index (κ1) is 60.2. The SMILES string of the molecule is CCCC/C=C\CCCCCCCC(=O)OCCCCCCCCCCCCCCCCCCC(=O)NC(COC1OC(CO)C(O)C(O)C1O)C(O)/C=C/CCCCCCCCC. The lowest BCUT2D eigenvalue weighted by molar-refractivity contribution is -0.302. The van der Waals surface area contributed by atoms with Crippen LogP contribution < -0.4 is 5.32 Å². The summed E-state index contributed by atoms with van der Waals surface area (Å²) in [6, 6.07) is -0.813. The average Bonchev–Trinajstić information content (AvgIpc) is 3.29. The van der Waals surface area contributed by atoms with Crippen LogP contribution in [0.4, 0.5) is 0 Å². The summed E-state index contributed by atoms with van der Waals surface area (Å²) in [4.78, 5) is 25.0. The van der Waals surface area contributed by atoms with Crippen LogP contribution in [-0.2, 0) is 23.8 Å². The van der Waals surface area contributed by atoms with E-state index in [2.05, 4.69) is 31.3 Å². The first-order valence-corrected chi connectivity index (χ1v) is 26.6. The number of hydrogen-bond donors (Lipinski definition) is 6. The highest BCUT2D eigenvalue weighted by molar-refractivity contribution is 5.76. The van der Waals surface area contributed by atoms with Gasteiger partial charge in [-0.05, 0) is 51.4 Å². The minimum Gasteiger partial charge on any atom is -0.466 e. The van der Waals surface area contributed by atoms with Crippen LogP contribution in [0.15, 0.2) is 24.3 Å². The predicted molar refractivity (Wildman–Crippen MR) is 260 cm³/mol. The number of unbranched alkanes of at least 4 members (excludes halogenated alkanes) is 29. The first-order chi connectivity index (χ1) is 31.2. The summed E-state index contributed by atoms with van der Waals surface area (Å²) in [5, 5.41) is 54.1. The molecule has 7 atom stereocenters. The molecule has 376 valence electrons. The van der Waals surface area contributed by atoms with E-state index in [1.807, 2.05) is 6.08 Å². The van der Waals surface area contributed by atoms with E-state index in [-0.39, 0.29) is 18.5 Å². The normalized spacial score (nSPS) is 20.0. The molecule has 0 aromatic carbocycles. The Labute approximate surface area is 391 Å². The number of nitrogens with one attached hydrogen (secondary N) is 1. The molecule has 1 rings (SSSR count). The number of aliphatic hydroxyl groups excluding tert-OH is 5. The van der Waals surface area contributed by atoms with Gasteiger partial charge in [-0.3, -0.25) is 9.59 Å². The van der Waals surface area contributed by atoms with Gasteiger partial charge in [0, 0.05) is 12.8 Å². The van der Waals surface area contributed by atoms with Crippen molar-refractivity contribution in [3.63, 3.8) is 0 Å². The molecular formula is C53H99NO10. The third-order valence-corrected chi connectivity index (χ3v) is 12.6. The number of allylic oxidation sites excluding steroid dienone is 3. The number of amides is 1. The maximum atomic E-state index is 13.0. The Morgan fingerprint density at radius 3 is 1.55 bits per heavy atom. The quantitative estimate of drug-likeness (QED) is 0.0196. The number of carbonyl (C=O) groups excluding carboxylic acids is 2. The highest BCUT2D eigenvalue weighted by Gasteiger charge is 2.44. The van der Waals surface area contributed by atoms with Crippen molar-refractivity contribution in [2.75, 3.05) is 19.8 Å². The van der Waals surface area contributed by atoms with Crippen LogP contribution in [0.25, 0.3) is 0 Å². The fourth-order valence-corrected chi connectivity index (χ4v) is 8.24. The summed E-state index contributed by atoms with van der Waals surface area (Å²) in [5.74, 6) is -0.218. The van der Waals surface area contributed by atoms with Crippen molar-refractivity contribution in [1.29, 1.82) is 0 Å². The maximum absolute atomic E-state index is 13.0. The van der Waals surface area contributed by atoms with Crippen LogP contribution in [0.5, 0.6) is 0 Å². The number of carbonyl (C=O) groups is 2. The summed E-state index contributed by atoms with van der Waals surface area (Å²) in [5.41, 5.74) is 0. The molecule has 64 heavy (non-hydrogen) atoms. The van der Waals surface area contributed by atoms with Gasteiger partial charge in [0.25, 0.3) is 0 Å². The van der Waals surface area contributed by atoms with Crippen LogP contribution in [0.3, 0.4) is 0 Å². The maximum Gasteiger partial charge on any atom is 0.305 e. The topological polar surface area (TPSA) is 175 Å². The van der Waals surface area contributed by atoms with E-state index < -0.39 is 49.5 Å². The molecule has 1 amide bonds. The van der Waals surface area contributed by atoms with E-state index >= 15 is 0 Å². The average molecular weight is 910 g/mol. The Morgan fingerprint density at radius 2 is 1.02 bits per heavy atom. The monoisotopic (exact) mass is 910 g/mol. The van der Waals surface area contributed by atoms with Crippen molar-refractivity contribution >= 4 is 11.9 Å². The predicted octanol–water partition coefficient (Wildman–Crippen LogP) is 11.0.